The zero-order valence-corrected chi connectivity index (χ0v) is 15.4. The van der Waals surface area contributed by atoms with Crippen molar-refractivity contribution in [2.75, 3.05) is 0 Å². The Morgan fingerprint density at radius 2 is 2.00 bits per heavy atom. The number of carbonyl (C=O) groups is 3. The lowest BCUT2D eigenvalue weighted by Gasteiger charge is -2.13. The van der Waals surface area contributed by atoms with Crippen molar-refractivity contribution in [1.82, 2.24) is 20.9 Å². The zero-order valence-electron chi connectivity index (χ0n) is 14.5. The van der Waals surface area contributed by atoms with Gasteiger partial charge in [0.05, 0.1) is 5.69 Å². The number of carboxylic acids is 1. The van der Waals surface area contributed by atoms with Gasteiger partial charge in [-0.2, -0.15) is 12.6 Å². The average molecular weight is 384 g/mol. The third kappa shape index (κ3) is 6.45. The summed E-state index contributed by atoms with van der Waals surface area (Å²) >= 11 is 4.15. The van der Waals surface area contributed by atoms with Crippen LogP contribution in [0.5, 0.6) is 0 Å². The number of carbonyl (C=O) groups excluding carboxylic acids is 2. The summed E-state index contributed by atoms with van der Waals surface area (Å²) in [7, 11) is 0. The van der Waals surface area contributed by atoms with E-state index in [1.54, 1.807) is 6.92 Å². The lowest BCUT2D eigenvalue weighted by atomic mass is 10.2. The highest BCUT2D eigenvalue weighted by atomic mass is 32.1. The Labute approximate surface area is 155 Å². The molecule has 1 rings (SSSR count). The summed E-state index contributed by atoms with van der Waals surface area (Å²) in [6, 6.07) is 1.37. The molecule has 0 spiro atoms. The molecule has 142 valence electrons. The maximum Gasteiger partial charge on any atom is 0.325 e. The summed E-state index contributed by atoms with van der Waals surface area (Å²) in [6.45, 7) is 4.82. The number of carboxylic acid groups (broad SMARTS) is 1. The van der Waals surface area contributed by atoms with Crippen LogP contribution in [0.2, 0.25) is 0 Å². The molecule has 2 atom stereocenters. The SMILES string of the molecule is C/C=C(\NC(=O)c1nc(CNC(C)S)ccc1F)C(=O)N[C@@H](C)C(=O)O. The van der Waals surface area contributed by atoms with E-state index < -0.39 is 35.3 Å². The van der Waals surface area contributed by atoms with Crippen molar-refractivity contribution in [2.24, 2.45) is 0 Å². The van der Waals surface area contributed by atoms with Gasteiger partial charge in [0.1, 0.15) is 11.7 Å². The van der Waals surface area contributed by atoms with Crippen LogP contribution in [-0.2, 0) is 16.1 Å². The van der Waals surface area contributed by atoms with Crippen molar-refractivity contribution in [1.29, 1.82) is 0 Å². The first-order valence-electron chi connectivity index (χ1n) is 7.73. The molecular weight excluding hydrogens is 363 g/mol. The van der Waals surface area contributed by atoms with Crippen LogP contribution in [0.4, 0.5) is 4.39 Å². The number of halogens is 1. The predicted octanol–water partition coefficient (Wildman–Crippen LogP) is 0.809. The number of hydrogen-bond donors (Lipinski definition) is 5. The molecule has 0 aromatic carbocycles. The Bertz CT molecular complexity index is 724. The van der Waals surface area contributed by atoms with E-state index in [1.807, 2.05) is 0 Å². The number of amides is 2. The van der Waals surface area contributed by atoms with Crippen molar-refractivity contribution < 1.29 is 23.9 Å². The second-order valence-corrected chi connectivity index (χ2v) is 6.15. The third-order valence-electron chi connectivity index (χ3n) is 3.20. The van der Waals surface area contributed by atoms with Gasteiger partial charge in [0.2, 0.25) is 0 Å². The quantitative estimate of drug-likeness (QED) is 0.257. The van der Waals surface area contributed by atoms with E-state index in [1.165, 1.54) is 26.0 Å². The van der Waals surface area contributed by atoms with E-state index in [9.17, 15) is 18.8 Å². The summed E-state index contributed by atoms with van der Waals surface area (Å²) in [4.78, 5) is 39.0. The molecule has 2 amide bonds. The number of aliphatic carboxylic acids is 1. The fourth-order valence-corrected chi connectivity index (χ4v) is 1.86. The molecule has 0 bridgehead atoms. The van der Waals surface area contributed by atoms with Crippen LogP contribution < -0.4 is 16.0 Å². The van der Waals surface area contributed by atoms with E-state index in [-0.39, 0.29) is 17.6 Å². The standard InChI is InChI=1S/C16H21FN4O4S/c1-4-12(14(22)19-8(2)16(24)25)21-15(23)13-11(17)6-5-10(20-13)7-18-9(3)26/h4-6,8-9,18,26H,7H2,1-3H3,(H,19,22)(H,21,23)(H,24,25)/b12-4-/t8-,9?/m0/s1. The monoisotopic (exact) mass is 384 g/mol. The summed E-state index contributed by atoms with van der Waals surface area (Å²) in [6.07, 6.45) is 1.27. The number of nitrogens with zero attached hydrogens (tertiary/aromatic N) is 1. The van der Waals surface area contributed by atoms with Gasteiger partial charge in [0.25, 0.3) is 11.8 Å². The number of nitrogens with one attached hydrogen (secondary N) is 3. The maximum absolute atomic E-state index is 13.9. The first kappa shape index (κ1) is 21.6. The molecule has 1 aromatic rings. The minimum atomic E-state index is -1.23. The summed E-state index contributed by atoms with van der Waals surface area (Å²) in [5.74, 6) is -3.81. The van der Waals surface area contributed by atoms with E-state index in [4.69, 9.17) is 5.11 Å². The molecule has 0 radical (unpaired) electrons. The Morgan fingerprint density at radius 3 is 2.54 bits per heavy atom. The van der Waals surface area contributed by atoms with Crippen molar-refractivity contribution in [3.63, 3.8) is 0 Å². The second-order valence-electron chi connectivity index (χ2n) is 5.38. The highest BCUT2D eigenvalue weighted by molar-refractivity contribution is 7.80. The Morgan fingerprint density at radius 1 is 1.35 bits per heavy atom. The van der Waals surface area contributed by atoms with Gasteiger partial charge >= 0.3 is 5.97 Å². The van der Waals surface area contributed by atoms with Crippen LogP contribution >= 0.6 is 12.6 Å². The largest absolute Gasteiger partial charge is 0.480 e. The molecule has 0 aliphatic heterocycles. The van der Waals surface area contributed by atoms with E-state index in [0.717, 1.165) is 6.07 Å². The molecule has 0 saturated carbocycles. The third-order valence-corrected chi connectivity index (χ3v) is 3.38. The van der Waals surface area contributed by atoms with Gasteiger partial charge < -0.3 is 21.1 Å². The molecule has 0 aliphatic carbocycles. The lowest BCUT2D eigenvalue weighted by molar-refractivity contribution is -0.140. The number of hydrogen-bond acceptors (Lipinski definition) is 6. The number of thiol groups is 1. The predicted molar refractivity (Wildman–Crippen MR) is 95.9 cm³/mol. The first-order chi connectivity index (χ1) is 12.1. The molecule has 26 heavy (non-hydrogen) atoms. The van der Waals surface area contributed by atoms with Gasteiger partial charge in [0, 0.05) is 11.9 Å². The number of rotatable bonds is 8. The summed E-state index contributed by atoms with van der Waals surface area (Å²) < 4.78 is 13.9. The topological polar surface area (TPSA) is 120 Å². The van der Waals surface area contributed by atoms with E-state index in [2.05, 4.69) is 33.6 Å². The molecule has 1 aromatic heterocycles. The summed E-state index contributed by atoms with van der Waals surface area (Å²) in [5.41, 5.74) is -0.269. The molecular formula is C16H21FN4O4S. The van der Waals surface area contributed by atoms with Gasteiger partial charge in [0.15, 0.2) is 11.5 Å². The molecule has 0 fully saturated rings. The van der Waals surface area contributed by atoms with Gasteiger partial charge in [-0.25, -0.2) is 9.37 Å². The van der Waals surface area contributed by atoms with Crippen molar-refractivity contribution in [2.45, 2.75) is 38.7 Å². The van der Waals surface area contributed by atoms with Crippen LogP contribution in [0.15, 0.2) is 23.9 Å². The molecule has 4 N–H and O–H groups in total. The Balaban J connectivity index is 2.89. The van der Waals surface area contributed by atoms with Crippen molar-refractivity contribution >= 4 is 30.4 Å². The fourth-order valence-electron chi connectivity index (χ4n) is 1.77. The van der Waals surface area contributed by atoms with Crippen molar-refractivity contribution in [3.8, 4) is 0 Å². The molecule has 1 unspecified atom stereocenters. The van der Waals surface area contributed by atoms with Gasteiger partial charge in [-0.15, -0.1) is 0 Å². The number of aromatic nitrogens is 1. The van der Waals surface area contributed by atoms with Gasteiger partial charge in [-0.3, -0.25) is 14.4 Å². The Kier molecular flexibility index (Phi) is 8.20. The lowest BCUT2D eigenvalue weighted by Crippen LogP contribution is -2.42. The minimum Gasteiger partial charge on any atom is -0.480 e. The first-order valence-corrected chi connectivity index (χ1v) is 8.25. The van der Waals surface area contributed by atoms with Crippen molar-refractivity contribution in [3.05, 3.63) is 41.1 Å². The Hall–Kier alpha value is -2.46. The fraction of sp³-hybridized carbons (Fsp3) is 0.375. The number of pyridine rings is 1. The van der Waals surface area contributed by atoms with Crippen LogP contribution in [0, 0.1) is 5.82 Å². The van der Waals surface area contributed by atoms with Crippen LogP contribution in [0.25, 0.3) is 0 Å². The smallest absolute Gasteiger partial charge is 0.325 e. The average Bonchev–Trinajstić information content (AvgIpc) is 2.58. The van der Waals surface area contributed by atoms with E-state index >= 15 is 0 Å². The highest BCUT2D eigenvalue weighted by Gasteiger charge is 2.21. The van der Waals surface area contributed by atoms with Crippen LogP contribution in [-0.4, -0.2) is 39.3 Å². The molecule has 8 nitrogen and oxygen atoms in total. The molecule has 0 saturated heterocycles. The molecule has 0 aliphatic rings. The zero-order chi connectivity index (χ0) is 19.9. The number of allylic oxidation sites excluding steroid dienone is 1. The second kappa shape index (κ2) is 9.88. The van der Waals surface area contributed by atoms with E-state index in [0.29, 0.717) is 5.69 Å². The maximum atomic E-state index is 13.9. The summed E-state index contributed by atoms with van der Waals surface area (Å²) in [5, 5.41) is 16.1. The molecule has 1 heterocycles. The van der Waals surface area contributed by atoms with Crippen LogP contribution in [0.3, 0.4) is 0 Å². The van der Waals surface area contributed by atoms with Crippen LogP contribution in [0.1, 0.15) is 37.0 Å². The highest BCUT2D eigenvalue weighted by Crippen LogP contribution is 2.08. The van der Waals surface area contributed by atoms with Gasteiger partial charge in [-0.05, 0) is 32.9 Å². The minimum absolute atomic E-state index is 0.117. The normalized spacial score (nSPS) is 13.7. The van der Waals surface area contributed by atoms with Gasteiger partial charge in [-0.1, -0.05) is 6.08 Å². The molecule has 10 heteroatoms.